The molecule has 158 valence electrons. The number of hydrogen-bond donors (Lipinski definition) is 0. The van der Waals surface area contributed by atoms with Crippen LogP contribution in [0.15, 0.2) is 54.8 Å². The zero-order valence-corrected chi connectivity index (χ0v) is 17.6. The van der Waals surface area contributed by atoms with E-state index in [1.54, 1.807) is 62.8 Å². The third-order valence-corrected chi connectivity index (χ3v) is 5.80. The summed E-state index contributed by atoms with van der Waals surface area (Å²) in [5.74, 6) is 0.212. The van der Waals surface area contributed by atoms with Gasteiger partial charge < -0.3 is 14.2 Å². The molecule has 6 nitrogen and oxygen atoms in total. The highest BCUT2D eigenvalue weighted by atomic mass is 16.5. The van der Waals surface area contributed by atoms with Gasteiger partial charge in [-0.25, -0.2) is 0 Å². The van der Waals surface area contributed by atoms with Crippen molar-refractivity contribution in [1.29, 1.82) is 0 Å². The fraction of sp³-hybridized carbons (Fsp3) is 0.115. The Labute approximate surface area is 184 Å². The Morgan fingerprint density at radius 1 is 0.719 bits per heavy atom. The van der Waals surface area contributed by atoms with Crippen molar-refractivity contribution < 1.29 is 28.6 Å². The number of benzene rings is 3. The Bertz CT molecular complexity index is 1380. The summed E-state index contributed by atoms with van der Waals surface area (Å²) >= 11 is 0. The summed E-state index contributed by atoms with van der Waals surface area (Å²) in [6.45, 7) is 1.31. The van der Waals surface area contributed by atoms with Gasteiger partial charge in [0, 0.05) is 45.9 Å². The molecule has 0 N–H and O–H groups in total. The molecule has 32 heavy (non-hydrogen) atoms. The molecule has 3 aromatic carbocycles. The number of methoxy groups -OCH3 is 2. The lowest BCUT2D eigenvalue weighted by atomic mass is 9.82. The number of rotatable bonds is 3. The summed E-state index contributed by atoms with van der Waals surface area (Å²) in [5, 5.41) is 0. The highest BCUT2D eigenvalue weighted by molar-refractivity contribution is 6.29. The molecule has 6 heteroatoms. The van der Waals surface area contributed by atoms with Crippen LogP contribution in [0.25, 0.3) is 16.7 Å². The van der Waals surface area contributed by atoms with Crippen molar-refractivity contribution in [3.05, 3.63) is 88.2 Å². The van der Waals surface area contributed by atoms with Crippen LogP contribution in [0.1, 0.15) is 49.9 Å². The van der Waals surface area contributed by atoms with Gasteiger partial charge in [0.25, 0.3) is 0 Å². The van der Waals surface area contributed by atoms with Gasteiger partial charge in [-0.2, -0.15) is 0 Å². The van der Waals surface area contributed by atoms with Gasteiger partial charge in [-0.15, -0.1) is 0 Å². The monoisotopic (exact) mass is 426 g/mol. The number of hydrogen-bond acceptors (Lipinski definition) is 6. The molecular weight excluding hydrogens is 408 g/mol. The average Bonchev–Trinajstić information content (AvgIpc) is 3.13. The van der Waals surface area contributed by atoms with Crippen LogP contribution in [-0.2, 0) is 9.53 Å². The average molecular weight is 426 g/mol. The summed E-state index contributed by atoms with van der Waals surface area (Å²) in [4.78, 5) is 38.0. The third-order valence-electron chi connectivity index (χ3n) is 5.80. The second-order valence-corrected chi connectivity index (χ2v) is 7.51. The molecule has 0 fully saturated rings. The lowest BCUT2D eigenvalue weighted by molar-refractivity contribution is -0.135. The van der Waals surface area contributed by atoms with Crippen LogP contribution in [0.4, 0.5) is 0 Å². The summed E-state index contributed by atoms with van der Waals surface area (Å²) in [6, 6.07) is 13.7. The Balaban J connectivity index is 1.83. The largest absolute Gasteiger partial charge is 0.496 e. The van der Waals surface area contributed by atoms with Crippen LogP contribution < -0.4 is 9.47 Å². The maximum absolute atomic E-state index is 13.2. The van der Waals surface area contributed by atoms with Crippen molar-refractivity contribution in [2.75, 3.05) is 14.2 Å². The van der Waals surface area contributed by atoms with E-state index in [4.69, 9.17) is 14.2 Å². The number of carbonyl (C=O) groups is 3. The van der Waals surface area contributed by atoms with Crippen LogP contribution in [-0.4, -0.2) is 31.8 Å². The second-order valence-electron chi connectivity index (χ2n) is 7.51. The molecule has 3 aromatic rings. The summed E-state index contributed by atoms with van der Waals surface area (Å²) in [7, 11) is 3.10. The van der Waals surface area contributed by atoms with Gasteiger partial charge in [-0.1, -0.05) is 24.3 Å². The minimum absolute atomic E-state index is 0.209. The Hall–Kier alpha value is -4.19. The SMILES string of the molecule is COc1ccc(OC)c2c1/C(=C/OC(C)=O)c1cc3c(cc1-2)C(=O)c1ccccc1C3=O. The molecule has 0 aromatic heterocycles. The van der Waals surface area contributed by atoms with E-state index < -0.39 is 5.97 Å². The highest BCUT2D eigenvalue weighted by Gasteiger charge is 2.36. The van der Waals surface area contributed by atoms with E-state index in [-0.39, 0.29) is 11.6 Å². The van der Waals surface area contributed by atoms with Crippen LogP contribution in [0, 0.1) is 0 Å². The molecule has 0 spiro atoms. The van der Waals surface area contributed by atoms with Crippen molar-refractivity contribution in [2.45, 2.75) is 6.92 Å². The van der Waals surface area contributed by atoms with Crippen LogP contribution in [0.3, 0.4) is 0 Å². The lowest BCUT2D eigenvalue weighted by Crippen LogP contribution is -2.21. The van der Waals surface area contributed by atoms with Crippen molar-refractivity contribution in [1.82, 2.24) is 0 Å². The molecular formula is C26H18O6. The van der Waals surface area contributed by atoms with Gasteiger partial charge in [0.1, 0.15) is 17.8 Å². The molecule has 5 rings (SSSR count). The molecule has 0 radical (unpaired) electrons. The molecule has 0 heterocycles. The first-order chi connectivity index (χ1) is 15.5. The number of esters is 1. The van der Waals surface area contributed by atoms with E-state index in [0.717, 1.165) is 0 Å². The summed E-state index contributed by atoms with van der Waals surface area (Å²) in [6.07, 6.45) is 1.35. The molecule has 2 aliphatic rings. The van der Waals surface area contributed by atoms with Gasteiger partial charge in [-0.05, 0) is 35.4 Å². The zero-order valence-electron chi connectivity index (χ0n) is 17.6. The fourth-order valence-electron chi connectivity index (χ4n) is 4.41. The van der Waals surface area contributed by atoms with Crippen molar-refractivity contribution in [3.63, 3.8) is 0 Å². The maximum Gasteiger partial charge on any atom is 0.307 e. The van der Waals surface area contributed by atoms with Crippen LogP contribution in [0.2, 0.25) is 0 Å². The highest BCUT2D eigenvalue weighted by Crippen LogP contribution is 2.53. The first-order valence-electron chi connectivity index (χ1n) is 9.96. The molecule has 2 aliphatic carbocycles. The third kappa shape index (κ3) is 2.69. The quantitative estimate of drug-likeness (QED) is 0.314. The van der Waals surface area contributed by atoms with E-state index >= 15 is 0 Å². The van der Waals surface area contributed by atoms with E-state index in [1.807, 2.05) is 0 Å². The van der Waals surface area contributed by atoms with Gasteiger partial charge in [0.15, 0.2) is 11.6 Å². The van der Waals surface area contributed by atoms with Gasteiger partial charge in [0.2, 0.25) is 0 Å². The zero-order chi connectivity index (χ0) is 22.6. The molecule has 0 aliphatic heterocycles. The maximum atomic E-state index is 13.2. The minimum atomic E-state index is -0.479. The van der Waals surface area contributed by atoms with E-state index in [1.165, 1.54) is 13.2 Å². The van der Waals surface area contributed by atoms with Crippen LogP contribution >= 0.6 is 0 Å². The predicted molar refractivity (Wildman–Crippen MR) is 117 cm³/mol. The number of ketones is 2. The smallest absolute Gasteiger partial charge is 0.307 e. The number of fused-ring (bicyclic) bond motifs is 5. The first kappa shape index (κ1) is 19.8. The molecule has 0 amide bonds. The van der Waals surface area contributed by atoms with Gasteiger partial charge >= 0.3 is 5.97 Å². The first-order valence-corrected chi connectivity index (χ1v) is 9.96. The summed E-state index contributed by atoms with van der Waals surface area (Å²) in [5.41, 5.74) is 4.71. The van der Waals surface area contributed by atoms with E-state index in [2.05, 4.69) is 0 Å². The Morgan fingerprint density at radius 3 is 1.78 bits per heavy atom. The Kier molecular flexibility index (Phi) is 4.44. The second kappa shape index (κ2) is 7.20. The van der Waals surface area contributed by atoms with E-state index in [0.29, 0.717) is 61.6 Å². The van der Waals surface area contributed by atoms with Crippen molar-refractivity contribution in [3.8, 4) is 22.6 Å². The standard InChI is InChI=1S/C26H18O6/c1-13(27)32-12-20-16-10-18-19(26(29)15-7-5-4-6-14(15)25(18)28)11-17(16)23-21(30-2)8-9-22(31-3)24(20)23/h4-12H,1-3H3/b20-12+. The molecule has 0 unspecified atom stereocenters. The molecule has 0 saturated carbocycles. The molecule has 0 atom stereocenters. The van der Waals surface area contributed by atoms with Crippen molar-refractivity contribution >= 4 is 23.1 Å². The normalized spacial score (nSPS) is 14.4. The summed E-state index contributed by atoms with van der Waals surface area (Å²) < 4.78 is 16.4. The molecule has 0 saturated heterocycles. The Morgan fingerprint density at radius 2 is 1.25 bits per heavy atom. The number of ether oxygens (including phenoxy) is 3. The van der Waals surface area contributed by atoms with E-state index in [9.17, 15) is 14.4 Å². The van der Waals surface area contributed by atoms with Crippen molar-refractivity contribution in [2.24, 2.45) is 0 Å². The van der Waals surface area contributed by atoms with Gasteiger partial charge in [-0.3, -0.25) is 14.4 Å². The predicted octanol–water partition coefficient (Wildman–Crippen LogP) is 4.41. The minimum Gasteiger partial charge on any atom is -0.496 e. The lowest BCUT2D eigenvalue weighted by Gasteiger charge is -2.19. The van der Waals surface area contributed by atoms with Gasteiger partial charge in [0.05, 0.1) is 14.2 Å². The topological polar surface area (TPSA) is 78.9 Å². The number of carbonyl (C=O) groups excluding carboxylic acids is 3. The fourth-order valence-corrected chi connectivity index (χ4v) is 4.41. The van der Waals surface area contributed by atoms with Crippen LogP contribution in [0.5, 0.6) is 11.5 Å². The molecule has 0 bridgehead atoms.